The highest BCUT2D eigenvalue weighted by atomic mass is 32.1. The van der Waals surface area contributed by atoms with Crippen LogP contribution in [0.1, 0.15) is 64.0 Å². The molecule has 1 aliphatic heterocycles. The average molecular weight is 461 g/mol. The van der Waals surface area contributed by atoms with Crippen LogP contribution in [0, 0.1) is 0 Å². The van der Waals surface area contributed by atoms with Crippen molar-refractivity contribution in [2.45, 2.75) is 50.2 Å². The van der Waals surface area contributed by atoms with Crippen LogP contribution in [0.25, 0.3) is 0 Å². The SMILES string of the molecule is COc1ccccc1CNC(=O)[C@H]1c2ccccc2C(=O)N(C2CCCC2)[C@H]1c1cccs1. The van der Waals surface area contributed by atoms with Crippen LogP contribution in [0.4, 0.5) is 0 Å². The van der Waals surface area contributed by atoms with E-state index in [4.69, 9.17) is 4.74 Å². The van der Waals surface area contributed by atoms with Crippen LogP contribution in [0.15, 0.2) is 66.0 Å². The van der Waals surface area contributed by atoms with Gasteiger partial charge >= 0.3 is 0 Å². The van der Waals surface area contributed by atoms with Gasteiger partial charge in [0.25, 0.3) is 5.91 Å². The fourth-order valence-corrected chi connectivity index (χ4v) is 6.18. The molecular weight excluding hydrogens is 432 g/mol. The van der Waals surface area contributed by atoms with Gasteiger partial charge in [0.05, 0.1) is 19.1 Å². The molecule has 0 saturated heterocycles. The standard InChI is InChI=1S/C27H28N2O3S/c1-32-22-14-7-2-9-18(22)17-28-26(30)24-20-12-5-6-13-21(20)27(31)29(19-10-3-4-11-19)25(24)23-15-8-16-33-23/h2,5-9,12-16,19,24-25H,3-4,10-11,17H2,1H3,(H,28,30)/t24-,25-/m0/s1. The molecule has 2 aromatic carbocycles. The van der Waals surface area contributed by atoms with Crippen molar-refractivity contribution in [1.82, 2.24) is 10.2 Å². The lowest BCUT2D eigenvalue weighted by Gasteiger charge is -2.44. The first-order valence-electron chi connectivity index (χ1n) is 11.5. The Morgan fingerprint density at radius 1 is 1.06 bits per heavy atom. The Morgan fingerprint density at radius 3 is 2.58 bits per heavy atom. The molecule has 1 fully saturated rings. The summed E-state index contributed by atoms with van der Waals surface area (Å²) in [5.74, 6) is 0.263. The van der Waals surface area contributed by atoms with Gasteiger partial charge in [-0.1, -0.05) is 55.3 Å². The van der Waals surface area contributed by atoms with Crippen LogP contribution in [-0.4, -0.2) is 29.9 Å². The largest absolute Gasteiger partial charge is 0.496 e. The summed E-state index contributed by atoms with van der Waals surface area (Å²) < 4.78 is 5.46. The molecule has 0 spiro atoms. The minimum Gasteiger partial charge on any atom is -0.496 e. The first-order valence-corrected chi connectivity index (χ1v) is 12.4. The number of hydrogen-bond donors (Lipinski definition) is 1. The summed E-state index contributed by atoms with van der Waals surface area (Å²) in [6.45, 7) is 0.371. The van der Waals surface area contributed by atoms with Crippen LogP contribution in [0.2, 0.25) is 0 Å². The van der Waals surface area contributed by atoms with E-state index in [2.05, 4.69) is 11.4 Å². The van der Waals surface area contributed by atoms with E-state index in [1.165, 1.54) is 0 Å². The molecule has 33 heavy (non-hydrogen) atoms. The number of thiophene rings is 1. The van der Waals surface area contributed by atoms with E-state index in [1.807, 2.05) is 64.9 Å². The predicted molar refractivity (Wildman–Crippen MR) is 130 cm³/mol. The van der Waals surface area contributed by atoms with Gasteiger partial charge in [-0.15, -0.1) is 11.3 Å². The van der Waals surface area contributed by atoms with Crippen molar-refractivity contribution < 1.29 is 14.3 Å². The van der Waals surface area contributed by atoms with Crippen molar-refractivity contribution in [3.05, 3.63) is 87.6 Å². The molecule has 5 nitrogen and oxygen atoms in total. The molecule has 1 aromatic heterocycles. The van der Waals surface area contributed by atoms with Gasteiger partial charge in [-0.3, -0.25) is 9.59 Å². The van der Waals surface area contributed by atoms with E-state index in [1.54, 1.807) is 18.4 Å². The van der Waals surface area contributed by atoms with Gasteiger partial charge in [0.2, 0.25) is 5.91 Å². The Hall–Kier alpha value is -3.12. The summed E-state index contributed by atoms with van der Waals surface area (Å²) >= 11 is 1.62. The molecule has 6 heteroatoms. The zero-order chi connectivity index (χ0) is 22.8. The summed E-state index contributed by atoms with van der Waals surface area (Å²) in [4.78, 5) is 30.6. The molecule has 5 rings (SSSR count). The maximum Gasteiger partial charge on any atom is 0.254 e. The van der Waals surface area contributed by atoms with Gasteiger partial charge in [0.1, 0.15) is 5.75 Å². The second-order valence-corrected chi connectivity index (χ2v) is 9.68. The number of nitrogens with zero attached hydrogens (tertiary/aromatic N) is 1. The summed E-state index contributed by atoms with van der Waals surface area (Å²) in [7, 11) is 1.63. The number of carbonyl (C=O) groups excluding carboxylic acids is 2. The molecule has 3 aromatic rings. The third-order valence-corrected chi connectivity index (χ3v) is 7.80. The molecular formula is C27H28N2O3S. The molecule has 2 amide bonds. The van der Waals surface area contributed by atoms with E-state index in [0.717, 1.165) is 47.4 Å². The van der Waals surface area contributed by atoms with Crippen LogP contribution < -0.4 is 10.1 Å². The number of ether oxygens (including phenoxy) is 1. The Morgan fingerprint density at radius 2 is 1.82 bits per heavy atom. The smallest absolute Gasteiger partial charge is 0.254 e. The highest BCUT2D eigenvalue weighted by molar-refractivity contribution is 7.10. The number of hydrogen-bond acceptors (Lipinski definition) is 4. The maximum atomic E-state index is 13.8. The number of fused-ring (bicyclic) bond motifs is 1. The van der Waals surface area contributed by atoms with Gasteiger partial charge in [-0.2, -0.15) is 0 Å². The minimum atomic E-state index is -0.465. The van der Waals surface area contributed by atoms with E-state index < -0.39 is 5.92 Å². The Balaban J connectivity index is 1.54. The van der Waals surface area contributed by atoms with Crippen molar-refractivity contribution in [1.29, 1.82) is 0 Å². The Kier molecular flexibility index (Phi) is 6.18. The lowest BCUT2D eigenvalue weighted by molar-refractivity contribution is -0.124. The molecule has 1 aliphatic carbocycles. The maximum absolute atomic E-state index is 13.8. The topological polar surface area (TPSA) is 58.6 Å². The van der Waals surface area contributed by atoms with Gasteiger partial charge in [0.15, 0.2) is 0 Å². The highest BCUT2D eigenvalue weighted by Crippen LogP contribution is 2.47. The fourth-order valence-electron chi connectivity index (χ4n) is 5.32. The number of nitrogens with one attached hydrogen (secondary N) is 1. The van der Waals surface area contributed by atoms with Crippen molar-refractivity contribution in [3.8, 4) is 5.75 Å². The molecule has 2 heterocycles. The lowest BCUT2D eigenvalue weighted by Crippen LogP contribution is -2.50. The Bertz CT molecular complexity index is 1140. The summed E-state index contributed by atoms with van der Waals surface area (Å²) in [6.07, 6.45) is 4.23. The van der Waals surface area contributed by atoms with Crippen molar-refractivity contribution in [2.75, 3.05) is 7.11 Å². The highest BCUT2D eigenvalue weighted by Gasteiger charge is 2.47. The average Bonchev–Trinajstić information content (AvgIpc) is 3.57. The third kappa shape index (κ3) is 4.04. The zero-order valence-corrected chi connectivity index (χ0v) is 19.5. The molecule has 1 saturated carbocycles. The first-order chi connectivity index (χ1) is 16.2. The number of rotatable bonds is 6. The second kappa shape index (κ2) is 9.40. The number of carbonyl (C=O) groups is 2. The number of amides is 2. The van der Waals surface area contributed by atoms with Gasteiger partial charge in [0, 0.05) is 28.6 Å². The minimum absolute atomic E-state index is 0.0460. The van der Waals surface area contributed by atoms with Crippen LogP contribution in [0.3, 0.4) is 0 Å². The molecule has 0 radical (unpaired) electrons. The number of benzene rings is 2. The van der Waals surface area contributed by atoms with E-state index in [-0.39, 0.29) is 23.9 Å². The van der Waals surface area contributed by atoms with Crippen molar-refractivity contribution in [2.24, 2.45) is 0 Å². The van der Waals surface area contributed by atoms with Gasteiger partial charge in [-0.25, -0.2) is 0 Å². The molecule has 0 bridgehead atoms. The van der Waals surface area contributed by atoms with Crippen LogP contribution in [-0.2, 0) is 11.3 Å². The van der Waals surface area contributed by atoms with E-state index >= 15 is 0 Å². The van der Waals surface area contributed by atoms with Crippen LogP contribution >= 0.6 is 11.3 Å². The first kappa shape index (κ1) is 21.7. The zero-order valence-electron chi connectivity index (χ0n) is 18.7. The van der Waals surface area contributed by atoms with Crippen molar-refractivity contribution >= 4 is 23.2 Å². The predicted octanol–water partition coefficient (Wildman–Crippen LogP) is 5.30. The van der Waals surface area contributed by atoms with Crippen LogP contribution in [0.5, 0.6) is 5.75 Å². The van der Waals surface area contributed by atoms with E-state index in [0.29, 0.717) is 12.1 Å². The van der Waals surface area contributed by atoms with E-state index in [9.17, 15) is 9.59 Å². The number of methoxy groups -OCH3 is 1. The number of para-hydroxylation sites is 1. The van der Waals surface area contributed by atoms with Crippen molar-refractivity contribution in [3.63, 3.8) is 0 Å². The quantitative estimate of drug-likeness (QED) is 0.543. The van der Waals surface area contributed by atoms with Gasteiger partial charge < -0.3 is 15.0 Å². The molecule has 0 unspecified atom stereocenters. The summed E-state index contributed by atoms with van der Waals surface area (Å²) in [5.41, 5.74) is 2.39. The summed E-state index contributed by atoms with van der Waals surface area (Å²) in [6, 6.07) is 19.2. The lowest BCUT2D eigenvalue weighted by atomic mass is 9.80. The second-order valence-electron chi connectivity index (χ2n) is 8.71. The molecule has 1 N–H and O–H groups in total. The summed E-state index contributed by atoms with van der Waals surface area (Å²) in [5, 5.41) is 5.17. The third-order valence-electron chi connectivity index (χ3n) is 6.86. The molecule has 2 aliphatic rings. The molecule has 2 atom stereocenters. The van der Waals surface area contributed by atoms with Gasteiger partial charge in [-0.05, 0) is 42.0 Å². The normalized spacial score (nSPS) is 20.5. The fraction of sp³-hybridized carbons (Fsp3) is 0.333. The molecule has 170 valence electrons. The Labute approximate surface area is 198 Å². The monoisotopic (exact) mass is 460 g/mol.